The average Bonchev–Trinajstić information content (AvgIpc) is 3.93. The zero-order valence-electron chi connectivity index (χ0n) is 28.5. The van der Waals surface area contributed by atoms with Crippen LogP contribution in [0.4, 0.5) is 0 Å². The molecule has 0 saturated carbocycles. The first-order valence-electron chi connectivity index (χ1n) is 17.9. The zero-order chi connectivity index (χ0) is 34.9. The maximum Gasteiger partial charge on any atom is 0.178 e. The van der Waals surface area contributed by atoms with Gasteiger partial charge in [0.15, 0.2) is 11.2 Å². The molecule has 11 aromatic rings. The molecule has 4 nitrogen and oxygen atoms in total. The van der Waals surface area contributed by atoms with Crippen molar-refractivity contribution in [1.82, 2.24) is 9.55 Å². The number of benzene rings is 8. The van der Waals surface area contributed by atoms with E-state index in [0.717, 1.165) is 94.2 Å². The molecule has 0 aliphatic rings. The van der Waals surface area contributed by atoms with Gasteiger partial charge in [0, 0.05) is 32.8 Å². The highest BCUT2D eigenvalue weighted by Gasteiger charge is 2.18. The van der Waals surface area contributed by atoms with E-state index >= 15 is 0 Å². The Labute approximate surface area is 304 Å². The predicted molar refractivity (Wildman–Crippen MR) is 217 cm³/mol. The second-order valence-corrected chi connectivity index (χ2v) is 13.6. The maximum atomic E-state index is 6.47. The minimum Gasteiger partial charge on any atom is -0.452 e. The van der Waals surface area contributed by atoms with Gasteiger partial charge in [-0.15, -0.1) is 0 Å². The van der Waals surface area contributed by atoms with Gasteiger partial charge in [-0.3, -0.25) is 4.57 Å². The molecule has 11 rings (SSSR count). The highest BCUT2D eigenvalue weighted by atomic mass is 16.4. The van der Waals surface area contributed by atoms with Crippen molar-refractivity contribution in [3.05, 3.63) is 182 Å². The Kier molecular flexibility index (Phi) is 6.52. The SMILES string of the molecule is c1ccc(-c2ccc3oc4c(ccc5c6cc(-c7ccc(-c8ccc(-n9c(-c%10ccccc%10)nc%10ccccc%109)cc8)cc7)ccc6oc54)c3c2)cc1. The van der Waals surface area contributed by atoms with Crippen LogP contribution >= 0.6 is 0 Å². The van der Waals surface area contributed by atoms with Crippen molar-refractivity contribution in [3.63, 3.8) is 0 Å². The van der Waals surface area contributed by atoms with E-state index < -0.39 is 0 Å². The molecule has 0 aliphatic carbocycles. The van der Waals surface area contributed by atoms with Crippen molar-refractivity contribution in [2.45, 2.75) is 0 Å². The topological polar surface area (TPSA) is 44.1 Å². The van der Waals surface area contributed by atoms with E-state index in [1.807, 2.05) is 18.2 Å². The summed E-state index contributed by atoms with van der Waals surface area (Å²) in [4.78, 5) is 5.00. The van der Waals surface area contributed by atoms with Gasteiger partial charge in [-0.05, 0) is 94.0 Å². The first kappa shape index (κ1) is 29.5. The third-order valence-corrected chi connectivity index (χ3v) is 10.5. The molecule has 53 heavy (non-hydrogen) atoms. The third-order valence-electron chi connectivity index (χ3n) is 10.5. The molecule has 3 heterocycles. The van der Waals surface area contributed by atoms with Crippen LogP contribution in [0.1, 0.15) is 0 Å². The molecule has 0 amide bonds. The summed E-state index contributed by atoms with van der Waals surface area (Å²) in [5, 5.41) is 4.27. The fraction of sp³-hybridized carbons (Fsp3) is 0. The van der Waals surface area contributed by atoms with Crippen LogP contribution in [-0.2, 0) is 0 Å². The molecular weight excluding hydrogens is 649 g/mol. The van der Waals surface area contributed by atoms with Gasteiger partial charge in [-0.1, -0.05) is 121 Å². The van der Waals surface area contributed by atoms with Crippen molar-refractivity contribution in [1.29, 1.82) is 0 Å². The van der Waals surface area contributed by atoms with Crippen molar-refractivity contribution in [2.75, 3.05) is 0 Å². The number of hydrogen-bond donors (Lipinski definition) is 0. The van der Waals surface area contributed by atoms with E-state index in [1.54, 1.807) is 0 Å². The number of para-hydroxylation sites is 2. The first-order chi connectivity index (χ1) is 26.2. The number of furan rings is 2. The summed E-state index contributed by atoms with van der Waals surface area (Å²) in [6.45, 7) is 0. The summed E-state index contributed by atoms with van der Waals surface area (Å²) in [6.07, 6.45) is 0. The van der Waals surface area contributed by atoms with Crippen LogP contribution in [0.5, 0.6) is 0 Å². The molecule has 0 fully saturated rings. The Hall–Kier alpha value is -7.17. The molecule has 0 saturated heterocycles. The van der Waals surface area contributed by atoms with E-state index in [1.165, 1.54) is 11.1 Å². The Morgan fingerprint density at radius 1 is 0.358 bits per heavy atom. The fourth-order valence-corrected chi connectivity index (χ4v) is 7.78. The Morgan fingerprint density at radius 3 is 1.40 bits per heavy atom. The summed E-state index contributed by atoms with van der Waals surface area (Å²) in [5.41, 5.74) is 14.5. The van der Waals surface area contributed by atoms with E-state index in [0.29, 0.717) is 0 Å². The molecule has 8 aromatic carbocycles. The number of rotatable bonds is 5. The Balaban J connectivity index is 0.917. The normalized spacial score (nSPS) is 11.8. The predicted octanol–water partition coefficient (Wildman–Crippen LogP) is 13.5. The molecule has 0 atom stereocenters. The maximum absolute atomic E-state index is 6.47. The largest absolute Gasteiger partial charge is 0.452 e. The van der Waals surface area contributed by atoms with Crippen LogP contribution in [0.25, 0.3) is 105 Å². The smallest absolute Gasteiger partial charge is 0.178 e. The van der Waals surface area contributed by atoms with Crippen LogP contribution in [0, 0.1) is 0 Å². The van der Waals surface area contributed by atoms with E-state index in [9.17, 15) is 0 Å². The molecule has 4 heteroatoms. The van der Waals surface area contributed by atoms with Crippen molar-refractivity contribution < 1.29 is 8.83 Å². The molecule has 0 spiro atoms. The van der Waals surface area contributed by atoms with Crippen LogP contribution in [0.2, 0.25) is 0 Å². The minimum atomic E-state index is 0.783. The van der Waals surface area contributed by atoms with Crippen LogP contribution in [-0.4, -0.2) is 9.55 Å². The van der Waals surface area contributed by atoms with E-state index in [2.05, 4.69) is 168 Å². The van der Waals surface area contributed by atoms with Gasteiger partial charge in [0.05, 0.1) is 11.0 Å². The lowest BCUT2D eigenvalue weighted by Crippen LogP contribution is -1.97. The molecule has 0 radical (unpaired) electrons. The summed E-state index contributed by atoms with van der Waals surface area (Å²) in [7, 11) is 0. The number of hydrogen-bond acceptors (Lipinski definition) is 3. The average molecular weight is 679 g/mol. The van der Waals surface area contributed by atoms with Gasteiger partial charge >= 0.3 is 0 Å². The van der Waals surface area contributed by atoms with Gasteiger partial charge in [0.1, 0.15) is 17.0 Å². The van der Waals surface area contributed by atoms with Crippen molar-refractivity contribution in [3.8, 4) is 50.5 Å². The first-order valence-corrected chi connectivity index (χ1v) is 17.9. The second kappa shape index (κ2) is 11.7. The summed E-state index contributed by atoms with van der Waals surface area (Å²) in [5.74, 6) is 0.936. The second-order valence-electron chi connectivity index (χ2n) is 13.6. The van der Waals surface area contributed by atoms with Gasteiger partial charge < -0.3 is 8.83 Å². The lowest BCUT2D eigenvalue weighted by Gasteiger charge is -2.11. The van der Waals surface area contributed by atoms with Gasteiger partial charge in [-0.25, -0.2) is 4.98 Å². The molecular formula is C49H30N2O2. The Bertz CT molecular complexity index is 3130. The minimum absolute atomic E-state index is 0.783. The molecule has 3 aromatic heterocycles. The Morgan fingerprint density at radius 2 is 0.811 bits per heavy atom. The fourth-order valence-electron chi connectivity index (χ4n) is 7.78. The number of aromatic nitrogens is 2. The van der Waals surface area contributed by atoms with E-state index in [-0.39, 0.29) is 0 Å². The number of imidazole rings is 1. The monoisotopic (exact) mass is 678 g/mol. The highest BCUT2D eigenvalue weighted by Crippen LogP contribution is 2.41. The molecule has 0 unspecified atom stereocenters. The molecule has 0 N–H and O–H groups in total. The van der Waals surface area contributed by atoms with Crippen LogP contribution in [0.15, 0.2) is 191 Å². The summed E-state index contributed by atoms with van der Waals surface area (Å²) >= 11 is 0. The quantitative estimate of drug-likeness (QED) is 0.182. The van der Waals surface area contributed by atoms with Crippen LogP contribution < -0.4 is 0 Å². The van der Waals surface area contributed by atoms with Crippen molar-refractivity contribution >= 4 is 54.9 Å². The van der Waals surface area contributed by atoms with Crippen molar-refractivity contribution in [2.24, 2.45) is 0 Å². The zero-order valence-corrected chi connectivity index (χ0v) is 28.5. The lowest BCUT2D eigenvalue weighted by atomic mass is 9.98. The molecule has 0 bridgehead atoms. The standard InChI is InChI=1S/C49H30N2O2/c1-3-9-31(10-4-1)36-21-27-45-41(29-36)39-25-26-40-42-30-37(22-28-46(42)53-48(40)47(39)52-45)34-17-15-32(16-18-34)33-19-23-38(24-20-33)51-44-14-8-7-13-43(44)50-49(51)35-11-5-2-6-12-35/h1-30H. The summed E-state index contributed by atoms with van der Waals surface area (Å²) < 4.78 is 15.1. The van der Waals surface area contributed by atoms with Crippen LogP contribution in [0.3, 0.4) is 0 Å². The number of fused-ring (bicyclic) bond motifs is 8. The van der Waals surface area contributed by atoms with Gasteiger partial charge in [0.2, 0.25) is 0 Å². The lowest BCUT2D eigenvalue weighted by molar-refractivity contribution is 0.633. The third kappa shape index (κ3) is 4.80. The highest BCUT2D eigenvalue weighted by molar-refractivity contribution is 6.19. The molecule has 0 aliphatic heterocycles. The molecule has 248 valence electrons. The summed E-state index contributed by atoms with van der Waals surface area (Å²) in [6, 6.07) is 63.8. The van der Waals surface area contributed by atoms with E-state index in [4.69, 9.17) is 13.8 Å². The van der Waals surface area contributed by atoms with Gasteiger partial charge in [-0.2, -0.15) is 0 Å². The number of nitrogens with zero attached hydrogens (tertiary/aromatic N) is 2. The van der Waals surface area contributed by atoms with Gasteiger partial charge in [0.25, 0.3) is 0 Å².